The molecule has 3 heteroatoms. The van der Waals surface area contributed by atoms with E-state index in [1.807, 2.05) is 18.2 Å². The Morgan fingerprint density at radius 3 is 2.36 bits per heavy atom. The summed E-state index contributed by atoms with van der Waals surface area (Å²) in [6.07, 6.45) is 0. The highest BCUT2D eigenvalue weighted by Crippen LogP contribution is 2.05. The Balaban J connectivity index is 2.69. The van der Waals surface area contributed by atoms with Gasteiger partial charge in [-0.15, -0.1) is 0 Å². The highest BCUT2D eigenvalue weighted by Gasteiger charge is 2.19. The first-order valence-corrected chi connectivity index (χ1v) is 4.48. The van der Waals surface area contributed by atoms with Crippen LogP contribution in [0.2, 0.25) is 0 Å². The molecule has 0 aliphatic heterocycles. The van der Waals surface area contributed by atoms with Gasteiger partial charge < -0.3 is 10.1 Å². The van der Waals surface area contributed by atoms with Crippen LogP contribution < -0.4 is 5.32 Å². The molecule has 0 unspecified atom stereocenters. The Labute approximate surface area is 84.1 Å². The van der Waals surface area contributed by atoms with Gasteiger partial charge in [-0.2, -0.15) is 0 Å². The average Bonchev–Trinajstić information content (AvgIpc) is 2.19. The molecule has 1 rings (SSSR count). The van der Waals surface area contributed by atoms with Gasteiger partial charge in [-0.05, 0) is 26.0 Å². The SMILES string of the molecule is COC(C)(C)NC(=O)c1ccccc1. The summed E-state index contributed by atoms with van der Waals surface area (Å²) in [6, 6.07) is 9.06. The molecule has 0 spiro atoms. The van der Waals surface area contributed by atoms with Crippen LogP contribution in [0.5, 0.6) is 0 Å². The number of nitrogens with one attached hydrogen (secondary N) is 1. The number of rotatable bonds is 3. The van der Waals surface area contributed by atoms with Crippen molar-refractivity contribution < 1.29 is 9.53 Å². The number of amides is 1. The first-order valence-electron chi connectivity index (χ1n) is 4.48. The van der Waals surface area contributed by atoms with E-state index >= 15 is 0 Å². The lowest BCUT2D eigenvalue weighted by Crippen LogP contribution is -2.44. The number of benzene rings is 1. The van der Waals surface area contributed by atoms with E-state index in [-0.39, 0.29) is 5.91 Å². The fourth-order valence-electron chi connectivity index (χ4n) is 0.986. The largest absolute Gasteiger partial charge is 0.360 e. The molecule has 0 heterocycles. The molecule has 0 bridgehead atoms. The van der Waals surface area contributed by atoms with Crippen molar-refractivity contribution in [1.82, 2.24) is 5.32 Å². The molecular formula is C11H15NO2. The monoisotopic (exact) mass is 193 g/mol. The molecule has 14 heavy (non-hydrogen) atoms. The fourth-order valence-corrected chi connectivity index (χ4v) is 0.986. The van der Waals surface area contributed by atoms with Gasteiger partial charge in [-0.1, -0.05) is 18.2 Å². The van der Waals surface area contributed by atoms with Crippen LogP contribution in [0.15, 0.2) is 30.3 Å². The lowest BCUT2D eigenvalue weighted by atomic mass is 10.2. The van der Waals surface area contributed by atoms with Gasteiger partial charge in [0.15, 0.2) is 0 Å². The molecule has 0 saturated heterocycles. The summed E-state index contributed by atoms with van der Waals surface area (Å²) >= 11 is 0. The maximum atomic E-state index is 11.6. The number of hydrogen-bond donors (Lipinski definition) is 1. The summed E-state index contributed by atoms with van der Waals surface area (Å²) in [7, 11) is 1.56. The molecular weight excluding hydrogens is 178 g/mol. The van der Waals surface area contributed by atoms with E-state index in [1.54, 1.807) is 33.1 Å². The van der Waals surface area contributed by atoms with Crippen molar-refractivity contribution in [2.75, 3.05) is 7.11 Å². The summed E-state index contributed by atoms with van der Waals surface area (Å²) in [4.78, 5) is 11.6. The summed E-state index contributed by atoms with van der Waals surface area (Å²) < 4.78 is 5.10. The second-order valence-electron chi connectivity index (χ2n) is 3.53. The third-order valence-electron chi connectivity index (χ3n) is 1.96. The van der Waals surface area contributed by atoms with Gasteiger partial charge in [0.2, 0.25) is 0 Å². The van der Waals surface area contributed by atoms with Crippen LogP contribution in [0.4, 0.5) is 0 Å². The third-order valence-corrected chi connectivity index (χ3v) is 1.96. The van der Waals surface area contributed by atoms with E-state index in [0.717, 1.165) is 0 Å². The summed E-state index contributed by atoms with van der Waals surface area (Å²) in [5, 5.41) is 2.76. The zero-order chi connectivity index (χ0) is 10.6. The molecule has 0 aliphatic carbocycles. The van der Waals surface area contributed by atoms with Gasteiger partial charge >= 0.3 is 0 Å². The number of carbonyl (C=O) groups excluding carboxylic acids is 1. The zero-order valence-corrected chi connectivity index (χ0v) is 8.70. The summed E-state index contributed by atoms with van der Waals surface area (Å²) in [6.45, 7) is 3.60. The predicted octanol–water partition coefficient (Wildman–Crippen LogP) is 1.80. The van der Waals surface area contributed by atoms with E-state index in [4.69, 9.17) is 4.74 Å². The van der Waals surface area contributed by atoms with Crippen LogP contribution in [0.25, 0.3) is 0 Å². The number of carbonyl (C=O) groups is 1. The first kappa shape index (κ1) is 10.7. The van der Waals surface area contributed by atoms with Gasteiger partial charge in [0, 0.05) is 12.7 Å². The van der Waals surface area contributed by atoms with Gasteiger partial charge in [0.05, 0.1) is 0 Å². The van der Waals surface area contributed by atoms with Crippen molar-refractivity contribution in [3.05, 3.63) is 35.9 Å². The lowest BCUT2D eigenvalue weighted by Gasteiger charge is -2.24. The smallest absolute Gasteiger partial charge is 0.253 e. The Morgan fingerprint density at radius 2 is 1.86 bits per heavy atom. The van der Waals surface area contributed by atoms with E-state index in [2.05, 4.69) is 5.32 Å². The molecule has 76 valence electrons. The molecule has 0 radical (unpaired) electrons. The summed E-state index contributed by atoms with van der Waals surface area (Å²) in [5.41, 5.74) is 0.00467. The minimum absolute atomic E-state index is 0.127. The van der Waals surface area contributed by atoms with Crippen LogP contribution in [-0.2, 0) is 4.74 Å². The van der Waals surface area contributed by atoms with Gasteiger partial charge in [0.25, 0.3) is 5.91 Å². The van der Waals surface area contributed by atoms with E-state index in [9.17, 15) is 4.79 Å². The second kappa shape index (κ2) is 4.24. The summed E-state index contributed by atoms with van der Waals surface area (Å²) in [5.74, 6) is -0.127. The molecule has 0 aliphatic rings. The van der Waals surface area contributed by atoms with Crippen LogP contribution in [-0.4, -0.2) is 18.7 Å². The fraction of sp³-hybridized carbons (Fsp3) is 0.364. The zero-order valence-electron chi connectivity index (χ0n) is 8.70. The molecule has 1 amide bonds. The third kappa shape index (κ3) is 2.85. The van der Waals surface area contributed by atoms with Gasteiger partial charge in [-0.25, -0.2) is 0 Å². The Morgan fingerprint density at radius 1 is 1.29 bits per heavy atom. The van der Waals surface area contributed by atoms with Crippen molar-refractivity contribution >= 4 is 5.91 Å². The Kier molecular flexibility index (Phi) is 3.25. The van der Waals surface area contributed by atoms with Gasteiger partial charge in [-0.3, -0.25) is 4.79 Å². The molecule has 0 fully saturated rings. The molecule has 0 aromatic heterocycles. The molecule has 0 saturated carbocycles. The molecule has 1 N–H and O–H groups in total. The maximum absolute atomic E-state index is 11.6. The molecule has 1 aromatic carbocycles. The Hall–Kier alpha value is -1.35. The lowest BCUT2D eigenvalue weighted by molar-refractivity contribution is -0.00347. The highest BCUT2D eigenvalue weighted by atomic mass is 16.5. The quantitative estimate of drug-likeness (QED) is 0.743. The molecule has 0 atom stereocenters. The van der Waals surface area contributed by atoms with Gasteiger partial charge in [0.1, 0.15) is 5.72 Å². The first-order chi connectivity index (χ1) is 6.55. The van der Waals surface area contributed by atoms with Crippen LogP contribution in [0, 0.1) is 0 Å². The number of hydrogen-bond acceptors (Lipinski definition) is 2. The van der Waals surface area contributed by atoms with Crippen molar-refractivity contribution in [3.63, 3.8) is 0 Å². The van der Waals surface area contributed by atoms with E-state index in [1.165, 1.54) is 0 Å². The maximum Gasteiger partial charge on any atom is 0.253 e. The number of methoxy groups -OCH3 is 1. The standard InChI is InChI=1S/C11H15NO2/c1-11(2,14-3)12-10(13)9-7-5-4-6-8-9/h4-8H,1-3H3,(H,12,13). The van der Waals surface area contributed by atoms with Crippen molar-refractivity contribution in [2.24, 2.45) is 0 Å². The van der Waals surface area contributed by atoms with E-state index < -0.39 is 5.72 Å². The van der Waals surface area contributed by atoms with Crippen LogP contribution >= 0.6 is 0 Å². The van der Waals surface area contributed by atoms with E-state index in [0.29, 0.717) is 5.56 Å². The average molecular weight is 193 g/mol. The van der Waals surface area contributed by atoms with Crippen molar-refractivity contribution in [3.8, 4) is 0 Å². The Bertz CT molecular complexity index is 306. The topological polar surface area (TPSA) is 38.3 Å². The number of ether oxygens (including phenoxy) is 1. The second-order valence-corrected chi connectivity index (χ2v) is 3.53. The van der Waals surface area contributed by atoms with Crippen molar-refractivity contribution in [2.45, 2.75) is 19.6 Å². The van der Waals surface area contributed by atoms with Crippen molar-refractivity contribution in [1.29, 1.82) is 0 Å². The van der Waals surface area contributed by atoms with Crippen LogP contribution in [0.1, 0.15) is 24.2 Å². The highest BCUT2D eigenvalue weighted by molar-refractivity contribution is 5.94. The molecule has 3 nitrogen and oxygen atoms in total. The normalized spacial score (nSPS) is 11.1. The minimum atomic E-state index is -0.632. The minimum Gasteiger partial charge on any atom is -0.360 e. The molecule has 1 aromatic rings. The van der Waals surface area contributed by atoms with Crippen LogP contribution in [0.3, 0.4) is 0 Å². The predicted molar refractivity (Wildman–Crippen MR) is 55.0 cm³/mol.